The van der Waals surface area contributed by atoms with E-state index in [-0.39, 0.29) is 11.1 Å². The van der Waals surface area contributed by atoms with Crippen LogP contribution in [-0.4, -0.2) is 30.7 Å². The molecular formula is C13H24N4O2S. The number of hydrogen-bond donors (Lipinski definition) is 3. The molecule has 1 heterocycles. The zero-order valence-corrected chi connectivity index (χ0v) is 13.1. The van der Waals surface area contributed by atoms with E-state index in [9.17, 15) is 8.42 Å². The van der Waals surface area contributed by atoms with Crippen LogP contribution in [0.2, 0.25) is 0 Å². The molecule has 1 aliphatic rings. The van der Waals surface area contributed by atoms with Gasteiger partial charge in [-0.1, -0.05) is 20.8 Å². The van der Waals surface area contributed by atoms with Crippen LogP contribution in [0.15, 0.2) is 11.2 Å². The summed E-state index contributed by atoms with van der Waals surface area (Å²) in [5.41, 5.74) is 0.678. The summed E-state index contributed by atoms with van der Waals surface area (Å²) in [5, 5.41) is 9.88. The summed E-state index contributed by atoms with van der Waals surface area (Å²) in [6, 6.07) is 0.341. The molecule has 0 aliphatic heterocycles. The van der Waals surface area contributed by atoms with E-state index in [1.807, 2.05) is 13.8 Å². The zero-order valence-electron chi connectivity index (χ0n) is 12.3. The van der Waals surface area contributed by atoms with Crippen molar-refractivity contribution in [1.82, 2.24) is 20.2 Å². The SMILES string of the molecule is CC1CCC(NS(=O)(=O)c2[nH]ncc2CNC(C)C)C1. The van der Waals surface area contributed by atoms with Crippen molar-refractivity contribution >= 4 is 10.0 Å². The first-order valence-corrected chi connectivity index (χ1v) is 8.64. The number of H-pyrrole nitrogens is 1. The van der Waals surface area contributed by atoms with E-state index in [4.69, 9.17) is 0 Å². The van der Waals surface area contributed by atoms with Crippen molar-refractivity contribution in [1.29, 1.82) is 0 Å². The van der Waals surface area contributed by atoms with Crippen LogP contribution in [0.5, 0.6) is 0 Å². The molecule has 1 aromatic rings. The average Bonchev–Trinajstić information content (AvgIpc) is 2.95. The van der Waals surface area contributed by atoms with Gasteiger partial charge in [-0.3, -0.25) is 5.10 Å². The molecule has 0 radical (unpaired) electrons. The summed E-state index contributed by atoms with van der Waals surface area (Å²) < 4.78 is 27.6. The maximum atomic E-state index is 12.4. The van der Waals surface area contributed by atoms with E-state index < -0.39 is 10.0 Å². The Kier molecular flexibility index (Phi) is 4.82. The van der Waals surface area contributed by atoms with Crippen LogP contribution in [0.1, 0.15) is 45.6 Å². The van der Waals surface area contributed by atoms with Gasteiger partial charge in [-0.2, -0.15) is 5.10 Å². The first-order chi connectivity index (χ1) is 9.38. The van der Waals surface area contributed by atoms with Gasteiger partial charge in [0.25, 0.3) is 10.0 Å². The lowest BCUT2D eigenvalue weighted by molar-refractivity contribution is 0.532. The third-order valence-electron chi connectivity index (χ3n) is 3.66. The number of nitrogens with zero attached hydrogens (tertiary/aromatic N) is 1. The lowest BCUT2D eigenvalue weighted by Gasteiger charge is -2.13. The minimum absolute atomic E-state index is 0.0456. The van der Waals surface area contributed by atoms with Crippen LogP contribution >= 0.6 is 0 Å². The highest BCUT2D eigenvalue weighted by atomic mass is 32.2. The Morgan fingerprint density at radius 2 is 2.20 bits per heavy atom. The fourth-order valence-corrected chi connectivity index (χ4v) is 3.98. The first kappa shape index (κ1) is 15.5. The number of aromatic nitrogens is 2. The lowest BCUT2D eigenvalue weighted by Crippen LogP contribution is -2.34. The van der Waals surface area contributed by atoms with Crippen molar-refractivity contribution in [3.8, 4) is 0 Å². The molecule has 1 aliphatic carbocycles. The van der Waals surface area contributed by atoms with Gasteiger partial charge in [0.05, 0.1) is 6.20 Å². The third kappa shape index (κ3) is 3.80. The van der Waals surface area contributed by atoms with Gasteiger partial charge in [0, 0.05) is 24.2 Å². The van der Waals surface area contributed by atoms with Gasteiger partial charge in [-0.15, -0.1) is 0 Å². The second-order valence-electron chi connectivity index (χ2n) is 6.00. The van der Waals surface area contributed by atoms with Crippen molar-refractivity contribution in [2.24, 2.45) is 5.92 Å². The highest BCUT2D eigenvalue weighted by Gasteiger charge is 2.28. The fourth-order valence-electron chi connectivity index (χ4n) is 2.56. The molecule has 0 saturated heterocycles. The molecule has 2 unspecified atom stereocenters. The molecule has 3 N–H and O–H groups in total. The van der Waals surface area contributed by atoms with E-state index in [0.717, 1.165) is 19.3 Å². The summed E-state index contributed by atoms with van der Waals surface area (Å²) in [7, 11) is -3.51. The number of aromatic amines is 1. The molecule has 6 nitrogen and oxygen atoms in total. The predicted molar refractivity (Wildman–Crippen MR) is 77.7 cm³/mol. The predicted octanol–water partition coefficient (Wildman–Crippen LogP) is 1.37. The second-order valence-corrected chi connectivity index (χ2v) is 7.65. The summed E-state index contributed by atoms with van der Waals surface area (Å²) in [6.07, 6.45) is 4.47. The molecule has 1 aromatic heterocycles. The van der Waals surface area contributed by atoms with Crippen molar-refractivity contribution in [3.63, 3.8) is 0 Å². The first-order valence-electron chi connectivity index (χ1n) is 7.16. The van der Waals surface area contributed by atoms with Crippen LogP contribution in [-0.2, 0) is 16.6 Å². The Bertz CT molecular complexity index is 538. The normalized spacial score (nSPS) is 23.6. The number of nitrogens with one attached hydrogen (secondary N) is 3. The third-order valence-corrected chi connectivity index (χ3v) is 5.20. The summed E-state index contributed by atoms with van der Waals surface area (Å²) >= 11 is 0. The van der Waals surface area contributed by atoms with Crippen LogP contribution in [0.4, 0.5) is 0 Å². The van der Waals surface area contributed by atoms with Crippen LogP contribution in [0, 0.1) is 5.92 Å². The van der Waals surface area contributed by atoms with Crippen molar-refractivity contribution in [2.45, 2.75) is 63.7 Å². The Labute approximate surface area is 120 Å². The van der Waals surface area contributed by atoms with Gasteiger partial charge >= 0.3 is 0 Å². The summed E-state index contributed by atoms with van der Waals surface area (Å²) in [5.74, 6) is 0.589. The van der Waals surface area contributed by atoms with Gasteiger partial charge in [0.15, 0.2) is 5.03 Å². The molecule has 0 bridgehead atoms. The Hall–Kier alpha value is -0.920. The Morgan fingerprint density at radius 3 is 2.80 bits per heavy atom. The molecule has 114 valence electrons. The molecule has 0 spiro atoms. The number of sulfonamides is 1. The summed E-state index contributed by atoms with van der Waals surface area (Å²) in [6.45, 7) is 6.69. The minimum Gasteiger partial charge on any atom is -0.310 e. The fraction of sp³-hybridized carbons (Fsp3) is 0.769. The average molecular weight is 300 g/mol. The van der Waals surface area contributed by atoms with E-state index in [2.05, 4.69) is 27.2 Å². The van der Waals surface area contributed by atoms with E-state index in [0.29, 0.717) is 24.1 Å². The van der Waals surface area contributed by atoms with Gasteiger partial charge in [0.1, 0.15) is 0 Å². The van der Waals surface area contributed by atoms with E-state index in [1.54, 1.807) is 6.20 Å². The maximum absolute atomic E-state index is 12.4. The highest BCUT2D eigenvalue weighted by Crippen LogP contribution is 2.26. The molecule has 0 amide bonds. The molecule has 2 rings (SSSR count). The van der Waals surface area contributed by atoms with Crippen LogP contribution in [0.3, 0.4) is 0 Å². The lowest BCUT2D eigenvalue weighted by atomic mass is 10.1. The molecule has 2 atom stereocenters. The standard InChI is InChI=1S/C13H24N4O2S/c1-9(2)14-7-11-8-15-16-13(11)20(18,19)17-12-5-4-10(3)6-12/h8-10,12,14,17H,4-7H2,1-3H3,(H,15,16). The Balaban J connectivity index is 2.07. The van der Waals surface area contributed by atoms with Gasteiger partial charge in [-0.05, 0) is 25.2 Å². The molecular weight excluding hydrogens is 276 g/mol. The smallest absolute Gasteiger partial charge is 0.258 e. The second kappa shape index (κ2) is 6.24. The minimum atomic E-state index is -3.51. The molecule has 1 saturated carbocycles. The largest absolute Gasteiger partial charge is 0.310 e. The Morgan fingerprint density at radius 1 is 1.45 bits per heavy atom. The van der Waals surface area contributed by atoms with Crippen LogP contribution < -0.4 is 10.0 Å². The van der Waals surface area contributed by atoms with E-state index >= 15 is 0 Å². The van der Waals surface area contributed by atoms with Gasteiger partial charge < -0.3 is 5.32 Å². The quantitative estimate of drug-likeness (QED) is 0.740. The monoisotopic (exact) mass is 300 g/mol. The van der Waals surface area contributed by atoms with E-state index in [1.165, 1.54) is 0 Å². The van der Waals surface area contributed by atoms with Crippen LogP contribution in [0.25, 0.3) is 0 Å². The van der Waals surface area contributed by atoms with Crippen molar-refractivity contribution in [3.05, 3.63) is 11.8 Å². The zero-order chi connectivity index (χ0) is 14.8. The molecule has 0 aromatic carbocycles. The van der Waals surface area contributed by atoms with Crippen molar-refractivity contribution < 1.29 is 8.42 Å². The number of rotatable bonds is 6. The molecule has 20 heavy (non-hydrogen) atoms. The van der Waals surface area contributed by atoms with Gasteiger partial charge in [-0.25, -0.2) is 13.1 Å². The molecule has 1 fully saturated rings. The summed E-state index contributed by atoms with van der Waals surface area (Å²) in [4.78, 5) is 0. The molecule has 7 heteroatoms. The number of hydrogen-bond acceptors (Lipinski definition) is 4. The highest BCUT2D eigenvalue weighted by molar-refractivity contribution is 7.89. The topological polar surface area (TPSA) is 86.9 Å². The van der Waals surface area contributed by atoms with Gasteiger partial charge in [0.2, 0.25) is 0 Å². The maximum Gasteiger partial charge on any atom is 0.258 e. The van der Waals surface area contributed by atoms with Crippen molar-refractivity contribution in [2.75, 3.05) is 0 Å².